The molecular weight excluding hydrogens is 246 g/mol. The average molecular weight is 263 g/mol. The largest absolute Gasteiger partial charge is 0.238 e. The van der Waals surface area contributed by atoms with Gasteiger partial charge < -0.3 is 0 Å². The molecule has 20 heavy (non-hydrogen) atoms. The minimum absolute atomic E-state index is 0.307. The highest BCUT2D eigenvalue weighted by molar-refractivity contribution is 5.38. The lowest BCUT2D eigenvalue weighted by atomic mass is 9.81. The van der Waals surface area contributed by atoms with E-state index >= 15 is 0 Å². The van der Waals surface area contributed by atoms with Crippen LogP contribution in [-0.4, -0.2) is 14.8 Å². The lowest BCUT2D eigenvalue weighted by Gasteiger charge is -2.34. The molecule has 1 heterocycles. The van der Waals surface area contributed by atoms with E-state index in [9.17, 15) is 0 Å². The van der Waals surface area contributed by atoms with Crippen molar-refractivity contribution in [1.82, 2.24) is 14.8 Å². The smallest absolute Gasteiger partial charge is 0.137 e. The first kappa shape index (κ1) is 12.6. The molecule has 1 aromatic heterocycles. The molecule has 0 amide bonds. The van der Waals surface area contributed by atoms with E-state index in [4.69, 9.17) is 0 Å². The Kier molecular flexibility index (Phi) is 3.33. The standard InChI is InChI=1S/C17H17N3/c1-2-17(20-14-18-13-19-20,15-9-5-3-6-10-15)16-11-7-4-8-12-16/h3-14H,2H2,1H3. The molecule has 0 spiro atoms. The van der Waals surface area contributed by atoms with E-state index in [1.54, 1.807) is 12.7 Å². The fourth-order valence-corrected chi connectivity index (χ4v) is 2.83. The summed E-state index contributed by atoms with van der Waals surface area (Å²) >= 11 is 0. The van der Waals surface area contributed by atoms with Gasteiger partial charge in [0.25, 0.3) is 0 Å². The Hall–Kier alpha value is -2.42. The summed E-state index contributed by atoms with van der Waals surface area (Å²) in [5, 5.41) is 4.42. The van der Waals surface area contributed by atoms with E-state index in [0.29, 0.717) is 0 Å². The molecule has 0 fully saturated rings. The summed E-state index contributed by atoms with van der Waals surface area (Å²) in [5.74, 6) is 0. The molecule has 0 aliphatic rings. The van der Waals surface area contributed by atoms with Gasteiger partial charge in [0.15, 0.2) is 0 Å². The Morgan fingerprint density at radius 3 is 1.85 bits per heavy atom. The number of benzene rings is 2. The Balaban J connectivity index is 2.27. The lowest BCUT2D eigenvalue weighted by Crippen LogP contribution is -2.36. The average Bonchev–Trinajstić information content (AvgIpc) is 3.06. The summed E-state index contributed by atoms with van der Waals surface area (Å²) in [6, 6.07) is 21.0. The molecule has 100 valence electrons. The zero-order valence-electron chi connectivity index (χ0n) is 11.5. The zero-order chi connectivity index (χ0) is 13.8. The summed E-state index contributed by atoms with van der Waals surface area (Å²) in [5.41, 5.74) is 2.14. The Morgan fingerprint density at radius 1 is 0.900 bits per heavy atom. The van der Waals surface area contributed by atoms with Crippen LogP contribution in [0.2, 0.25) is 0 Å². The number of hydrogen-bond donors (Lipinski definition) is 0. The van der Waals surface area contributed by atoms with E-state index < -0.39 is 0 Å². The van der Waals surface area contributed by atoms with E-state index in [-0.39, 0.29) is 5.54 Å². The molecule has 0 aliphatic heterocycles. The van der Waals surface area contributed by atoms with E-state index in [0.717, 1.165) is 6.42 Å². The third-order valence-corrected chi connectivity index (χ3v) is 3.82. The van der Waals surface area contributed by atoms with Gasteiger partial charge in [-0.2, -0.15) is 5.10 Å². The molecule has 0 aliphatic carbocycles. The fraction of sp³-hybridized carbons (Fsp3) is 0.176. The highest BCUT2D eigenvalue weighted by atomic mass is 15.4. The maximum absolute atomic E-state index is 4.42. The molecule has 0 radical (unpaired) electrons. The van der Waals surface area contributed by atoms with Crippen molar-refractivity contribution in [2.24, 2.45) is 0 Å². The molecule has 0 bridgehead atoms. The molecule has 3 nitrogen and oxygen atoms in total. The lowest BCUT2D eigenvalue weighted by molar-refractivity contribution is 0.373. The Bertz CT molecular complexity index is 606. The van der Waals surface area contributed by atoms with Crippen LogP contribution in [0.25, 0.3) is 0 Å². The predicted octanol–water partition coefficient (Wildman–Crippen LogP) is 3.48. The van der Waals surface area contributed by atoms with Crippen molar-refractivity contribution in [2.75, 3.05) is 0 Å². The Morgan fingerprint density at radius 2 is 1.45 bits per heavy atom. The van der Waals surface area contributed by atoms with Crippen LogP contribution >= 0.6 is 0 Å². The second kappa shape index (κ2) is 5.29. The first-order chi connectivity index (χ1) is 9.88. The number of rotatable bonds is 4. The SMILES string of the molecule is CCC(c1ccccc1)(c1ccccc1)n1cncn1. The molecule has 3 heteroatoms. The van der Waals surface area contributed by atoms with Crippen LogP contribution in [0.5, 0.6) is 0 Å². The van der Waals surface area contributed by atoms with Crippen molar-refractivity contribution >= 4 is 0 Å². The summed E-state index contributed by atoms with van der Waals surface area (Å²) in [4.78, 5) is 4.14. The third-order valence-electron chi connectivity index (χ3n) is 3.82. The predicted molar refractivity (Wildman–Crippen MR) is 79.4 cm³/mol. The monoisotopic (exact) mass is 263 g/mol. The zero-order valence-corrected chi connectivity index (χ0v) is 11.5. The van der Waals surface area contributed by atoms with Gasteiger partial charge in [-0.05, 0) is 17.5 Å². The maximum atomic E-state index is 4.42. The first-order valence-corrected chi connectivity index (χ1v) is 6.84. The summed E-state index contributed by atoms with van der Waals surface area (Å²) in [6.45, 7) is 2.18. The molecule has 3 aromatic rings. The van der Waals surface area contributed by atoms with Gasteiger partial charge in [-0.15, -0.1) is 0 Å². The number of hydrogen-bond acceptors (Lipinski definition) is 2. The van der Waals surface area contributed by atoms with Gasteiger partial charge in [-0.3, -0.25) is 0 Å². The van der Waals surface area contributed by atoms with Crippen LogP contribution in [0.3, 0.4) is 0 Å². The van der Waals surface area contributed by atoms with Crippen molar-refractivity contribution in [2.45, 2.75) is 18.9 Å². The minimum Gasteiger partial charge on any atom is -0.238 e. The molecule has 0 N–H and O–H groups in total. The normalized spacial score (nSPS) is 11.4. The second-order valence-electron chi connectivity index (χ2n) is 4.79. The van der Waals surface area contributed by atoms with Gasteiger partial charge in [0.1, 0.15) is 18.2 Å². The van der Waals surface area contributed by atoms with Crippen LogP contribution in [0, 0.1) is 0 Å². The first-order valence-electron chi connectivity index (χ1n) is 6.84. The number of aromatic nitrogens is 3. The molecule has 2 aromatic carbocycles. The molecule has 0 saturated heterocycles. The van der Waals surface area contributed by atoms with Crippen molar-refractivity contribution < 1.29 is 0 Å². The van der Waals surface area contributed by atoms with E-state index in [1.807, 2.05) is 16.8 Å². The molecular formula is C17H17N3. The van der Waals surface area contributed by atoms with Gasteiger partial charge in [-0.1, -0.05) is 67.6 Å². The Labute approximate surface area is 118 Å². The van der Waals surface area contributed by atoms with Gasteiger partial charge in [0.2, 0.25) is 0 Å². The molecule has 0 saturated carbocycles. The molecule has 3 rings (SSSR count). The third kappa shape index (κ3) is 1.92. The van der Waals surface area contributed by atoms with Crippen molar-refractivity contribution in [3.8, 4) is 0 Å². The highest BCUT2D eigenvalue weighted by Crippen LogP contribution is 2.36. The van der Waals surface area contributed by atoms with Crippen molar-refractivity contribution in [3.05, 3.63) is 84.4 Å². The van der Waals surface area contributed by atoms with Crippen LogP contribution in [0.15, 0.2) is 73.3 Å². The maximum Gasteiger partial charge on any atom is 0.137 e. The van der Waals surface area contributed by atoms with E-state index in [2.05, 4.69) is 65.5 Å². The van der Waals surface area contributed by atoms with Gasteiger partial charge in [-0.25, -0.2) is 9.67 Å². The fourth-order valence-electron chi connectivity index (χ4n) is 2.83. The van der Waals surface area contributed by atoms with Crippen LogP contribution < -0.4 is 0 Å². The molecule has 0 unspecified atom stereocenters. The summed E-state index contributed by atoms with van der Waals surface area (Å²) < 4.78 is 1.96. The van der Waals surface area contributed by atoms with Crippen molar-refractivity contribution in [1.29, 1.82) is 0 Å². The van der Waals surface area contributed by atoms with Crippen molar-refractivity contribution in [3.63, 3.8) is 0 Å². The second-order valence-corrected chi connectivity index (χ2v) is 4.79. The van der Waals surface area contributed by atoms with Gasteiger partial charge in [0, 0.05) is 0 Å². The summed E-state index contributed by atoms with van der Waals surface area (Å²) in [7, 11) is 0. The van der Waals surface area contributed by atoms with Crippen LogP contribution in [0.1, 0.15) is 24.5 Å². The molecule has 0 atom stereocenters. The quantitative estimate of drug-likeness (QED) is 0.721. The van der Waals surface area contributed by atoms with Gasteiger partial charge >= 0.3 is 0 Å². The van der Waals surface area contributed by atoms with Crippen LogP contribution in [-0.2, 0) is 5.54 Å². The summed E-state index contributed by atoms with van der Waals surface area (Å²) in [6.07, 6.45) is 4.30. The minimum atomic E-state index is -0.307. The topological polar surface area (TPSA) is 30.7 Å². The highest BCUT2D eigenvalue weighted by Gasteiger charge is 2.35. The van der Waals surface area contributed by atoms with Gasteiger partial charge in [0.05, 0.1) is 0 Å². The van der Waals surface area contributed by atoms with Crippen LogP contribution in [0.4, 0.5) is 0 Å². The van der Waals surface area contributed by atoms with E-state index in [1.165, 1.54) is 11.1 Å². The number of nitrogens with zero attached hydrogens (tertiary/aromatic N) is 3.